The molecule has 30 heavy (non-hydrogen) atoms. The molecule has 6 nitrogen and oxygen atoms in total. The number of benzene rings is 1. The molecule has 0 saturated heterocycles. The minimum atomic E-state index is -0.117. The number of carbonyl (C=O) groups is 1. The molecule has 0 unspecified atom stereocenters. The van der Waals surface area contributed by atoms with Crippen LogP contribution in [0.1, 0.15) is 43.5 Å². The predicted octanol–water partition coefficient (Wildman–Crippen LogP) is 4.03. The molecule has 1 aromatic carbocycles. The number of hydrogen-bond acceptors (Lipinski definition) is 5. The molecule has 3 aromatic rings. The Hall–Kier alpha value is -2.67. The van der Waals surface area contributed by atoms with Crippen LogP contribution in [0.15, 0.2) is 46.5 Å². The third-order valence-corrected chi connectivity index (χ3v) is 5.96. The monoisotopic (exact) mass is 424 g/mol. The zero-order valence-electron chi connectivity index (χ0n) is 18.1. The second-order valence-corrected chi connectivity index (χ2v) is 8.94. The van der Waals surface area contributed by atoms with Crippen LogP contribution in [0.5, 0.6) is 0 Å². The maximum atomic E-state index is 12.9. The molecule has 2 aromatic heterocycles. The van der Waals surface area contributed by atoms with Crippen molar-refractivity contribution < 1.29 is 4.79 Å². The summed E-state index contributed by atoms with van der Waals surface area (Å²) in [7, 11) is 0. The number of thioether (sulfide) groups is 1. The summed E-state index contributed by atoms with van der Waals surface area (Å²) in [4.78, 5) is 34.3. The Kier molecular flexibility index (Phi) is 6.92. The smallest absolute Gasteiger partial charge is 0.263 e. The molecule has 1 N–H and O–H groups in total. The predicted molar refractivity (Wildman–Crippen MR) is 122 cm³/mol. The van der Waals surface area contributed by atoms with E-state index in [1.807, 2.05) is 26.8 Å². The second kappa shape index (κ2) is 9.43. The van der Waals surface area contributed by atoms with Gasteiger partial charge in [-0.3, -0.25) is 14.2 Å². The van der Waals surface area contributed by atoms with Crippen molar-refractivity contribution in [3.05, 3.63) is 63.6 Å². The SMILES string of the molecule is Cc1ccc([C@H](C)NC(=O)CSc2nc3ncccc3c(=O)n2CC(C)C)cc1C. The van der Waals surface area contributed by atoms with E-state index in [2.05, 4.69) is 41.3 Å². The summed E-state index contributed by atoms with van der Waals surface area (Å²) in [6.45, 7) is 10.7. The van der Waals surface area contributed by atoms with Gasteiger partial charge in [-0.05, 0) is 55.5 Å². The van der Waals surface area contributed by atoms with Crippen molar-refractivity contribution in [2.24, 2.45) is 5.92 Å². The lowest BCUT2D eigenvalue weighted by Crippen LogP contribution is -2.29. The normalized spacial score (nSPS) is 12.3. The number of pyridine rings is 1. The zero-order chi connectivity index (χ0) is 21.8. The molecule has 0 aliphatic carbocycles. The lowest BCUT2D eigenvalue weighted by atomic mass is 10.0. The van der Waals surface area contributed by atoms with Crippen LogP contribution < -0.4 is 10.9 Å². The van der Waals surface area contributed by atoms with Crippen molar-refractivity contribution >= 4 is 28.7 Å². The fourth-order valence-corrected chi connectivity index (χ4v) is 4.01. The molecule has 0 aliphatic rings. The van der Waals surface area contributed by atoms with Crippen molar-refractivity contribution in [3.8, 4) is 0 Å². The van der Waals surface area contributed by atoms with E-state index in [1.54, 1.807) is 22.9 Å². The molecule has 7 heteroatoms. The van der Waals surface area contributed by atoms with Gasteiger partial charge in [0, 0.05) is 12.7 Å². The number of amides is 1. The second-order valence-electron chi connectivity index (χ2n) is 8.00. The molecular formula is C23H28N4O2S. The van der Waals surface area contributed by atoms with Crippen LogP contribution in [-0.4, -0.2) is 26.2 Å². The number of fused-ring (bicyclic) bond motifs is 1. The maximum Gasteiger partial charge on any atom is 0.263 e. The van der Waals surface area contributed by atoms with Crippen molar-refractivity contribution in [1.29, 1.82) is 0 Å². The largest absolute Gasteiger partial charge is 0.349 e. The number of hydrogen-bond donors (Lipinski definition) is 1. The molecule has 1 amide bonds. The lowest BCUT2D eigenvalue weighted by molar-refractivity contribution is -0.119. The first-order valence-corrected chi connectivity index (χ1v) is 11.1. The highest BCUT2D eigenvalue weighted by Gasteiger charge is 2.16. The Bertz CT molecular complexity index is 1120. The van der Waals surface area contributed by atoms with E-state index in [4.69, 9.17) is 0 Å². The van der Waals surface area contributed by atoms with Crippen LogP contribution in [-0.2, 0) is 11.3 Å². The van der Waals surface area contributed by atoms with Gasteiger partial charge in [-0.15, -0.1) is 0 Å². The molecule has 0 radical (unpaired) electrons. The molecule has 0 bridgehead atoms. The van der Waals surface area contributed by atoms with Crippen molar-refractivity contribution in [1.82, 2.24) is 19.9 Å². The van der Waals surface area contributed by atoms with E-state index in [9.17, 15) is 9.59 Å². The number of carbonyl (C=O) groups excluding carboxylic acids is 1. The highest BCUT2D eigenvalue weighted by molar-refractivity contribution is 7.99. The maximum absolute atomic E-state index is 12.9. The average molecular weight is 425 g/mol. The molecule has 2 heterocycles. The Morgan fingerprint density at radius 1 is 1.17 bits per heavy atom. The third-order valence-electron chi connectivity index (χ3n) is 4.98. The van der Waals surface area contributed by atoms with E-state index < -0.39 is 0 Å². The number of aryl methyl sites for hydroxylation is 2. The Morgan fingerprint density at radius 2 is 1.93 bits per heavy atom. The first kappa shape index (κ1) is 22.0. The van der Waals surface area contributed by atoms with Crippen LogP contribution >= 0.6 is 11.8 Å². The zero-order valence-corrected chi connectivity index (χ0v) is 18.9. The van der Waals surface area contributed by atoms with E-state index >= 15 is 0 Å². The van der Waals surface area contributed by atoms with Crippen LogP contribution in [0.4, 0.5) is 0 Å². The summed E-state index contributed by atoms with van der Waals surface area (Å²) in [5, 5.41) is 4.05. The molecular weight excluding hydrogens is 396 g/mol. The van der Waals surface area contributed by atoms with Crippen molar-refractivity contribution in [3.63, 3.8) is 0 Å². The summed E-state index contributed by atoms with van der Waals surface area (Å²) >= 11 is 1.27. The van der Waals surface area contributed by atoms with E-state index in [0.29, 0.717) is 22.7 Å². The van der Waals surface area contributed by atoms with Crippen molar-refractivity contribution in [2.45, 2.75) is 52.4 Å². The number of nitrogens with zero attached hydrogens (tertiary/aromatic N) is 3. The lowest BCUT2D eigenvalue weighted by Gasteiger charge is -2.17. The summed E-state index contributed by atoms with van der Waals surface area (Å²) in [6, 6.07) is 9.59. The first-order chi connectivity index (χ1) is 14.3. The minimum Gasteiger partial charge on any atom is -0.349 e. The van der Waals surface area contributed by atoms with Crippen LogP contribution in [0.25, 0.3) is 11.0 Å². The first-order valence-electron chi connectivity index (χ1n) is 10.1. The summed E-state index contributed by atoms with van der Waals surface area (Å²) < 4.78 is 1.65. The Morgan fingerprint density at radius 3 is 2.63 bits per heavy atom. The minimum absolute atomic E-state index is 0.0958. The molecule has 0 aliphatic heterocycles. The summed E-state index contributed by atoms with van der Waals surface area (Å²) in [5.74, 6) is 0.353. The van der Waals surface area contributed by atoms with Crippen molar-refractivity contribution in [2.75, 3.05) is 5.75 Å². The van der Waals surface area contributed by atoms with Gasteiger partial charge in [-0.1, -0.05) is 43.8 Å². The van der Waals surface area contributed by atoms with Gasteiger partial charge in [-0.25, -0.2) is 9.97 Å². The summed E-state index contributed by atoms with van der Waals surface area (Å²) in [6.07, 6.45) is 1.62. The van der Waals surface area contributed by atoms with Crippen LogP contribution in [0, 0.1) is 19.8 Å². The number of nitrogens with one attached hydrogen (secondary N) is 1. The fraction of sp³-hybridized carbons (Fsp3) is 0.391. The topological polar surface area (TPSA) is 76.9 Å². The van der Waals surface area contributed by atoms with Crippen LogP contribution in [0.3, 0.4) is 0 Å². The van der Waals surface area contributed by atoms with Gasteiger partial charge < -0.3 is 5.32 Å². The average Bonchev–Trinajstić information content (AvgIpc) is 2.70. The van der Waals surface area contributed by atoms with Gasteiger partial charge >= 0.3 is 0 Å². The van der Waals surface area contributed by atoms with Crippen LogP contribution in [0.2, 0.25) is 0 Å². The van der Waals surface area contributed by atoms with Gasteiger partial charge in [0.25, 0.3) is 5.56 Å². The molecule has 158 valence electrons. The number of aromatic nitrogens is 3. The van der Waals surface area contributed by atoms with E-state index in [1.165, 1.54) is 22.9 Å². The Balaban J connectivity index is 1.76. The van der Waals surface area contributed by atoms with Gasteiger partial charge in [0.15, 0.2) is 10.8 Å². The highest BCUT2D eigenvalue weighted by Crippen LogP contribution is 2.20. The van der Waals surface area contributed by atoms with Gasteiger partial charge in [0.1, 0.15) is 0 Å². The standard InChI is InChI=1S/C23H28N4O2S/c1-14(2)12-27-22(29)19-7-6-10-24-21(19)26-23(27)30-13-20(28)25-17(5)18-9-8-15(3)16(4)11-18/h6-11,14,17H,12-13H2,1-5H3,(H,25,28)/t17-/m0/s1. The van der Waals surface area contributed by atoms with E-state index in [-0.39, 0.29) is 29.2 Å². The molecule has 3 rings (SSSR count). The number of rotatable bonds is 7. The van der Waals surface area contributed by atoms with E-state index in [0.717, 1.165) is 5.56 Å². The molecule has 0 fully saturated rings. The quantitative estimate of drug-likeness (QED) is 0.458. The van der Waals surface area contributed by atoms with Gasteiger partial charge in [-0.2, -0.15) is 0 Å². The highest BCUT2D eigenvalue weighted by atomic mass is 32.2. The fourth-order valence-electron chi connectivity index (χ4n) is 3.20. The molecule has 0 saturated carbocycles. The summed E-state index contributed by atoms with van der Waals surface area (Å²) in [5.41, 5.74) is 3.80. The van der Waals surface area contributed by atoms with Gasteiger partial charge in [0.05, 0.1) is 17.2 Å². The third kappa shape index (κ3) is 5.08. The Labute approximate surface area is 181 Å². The van der Waals surface area contributed by atoms with Gasteiger partial charge in [0.2, 0.25) is 5.91 Å². The molecule has 1 atom stereocenters. The molecule has 0 spiro atoms.